The molecule has 0 spiro atoms. The zero-order valence-electron chi connectivity index (χ0n) is 6.46. The molecule has 0 aromatic rings. The van der Waals surface area contributed by atoms with Gasteiger partial charge in [-0.3, -0.25) is 4.79 Å². The van der Waals surface area contributed by atoms with Crippen LogP contribution in [-0.2, 0) is 4.79 Å². The Hall–Kier alpha value is -1.06. The summed E-state index contributed by atoms with van der Waals surface area (Å²) < 4.78 is 0. The molecule has 10 heavy (non-hydrogen) atoms. The molecule has 0 aliphatic carbocycles. The standard InChI is InChI=1S/C6H11N3O/c1-8(2)6-7-5(10)4-9(6)3/h4H2,1-3H3. The number of hydrogen-bond donors (Lipinski definition) is 0. The van der Waals surface area contributed by atoms with Crippen LogP contribution in [0.3, 0.4) is 0 Å². The third-order valence-electron chi connectivity index (χ3n) is 1.34. The van der Waals surface area contributed by atoms with Crippen LogP contribution < -0.4 is 0 Å². The van der Waals surface area contributed by atoms with Crippen LogP contribution in [0.5, 0.6) is 0 Å². The summed E-state index contributed by atoms with van der Waals surface area (Å²) in [7, 11) is 5.59. The van der Waals surface area contributed by atoms with Crippen molar-refractivity contribution in [2.24, 2.45) is 4.99 Å². The van der Waals surface area contributed by atoms with Gasteiger partial charge in [0, 0.05) is 21.1 Å². The van der Waals surface area contributed by atoms with Crippen molar-refractivity contribution >= 4 is 11.9 Å². The lowest BCUT2D eigenvalue weighted by atomic mass is 10.6. The van der Waals surface area contributed by atoms with E-state index >= 15 is 0 Å². The van der Waals surface area contributed by atoms with Gasteiger partial charge in [-0.1, -0.05) is 0 Å². The fourth-order valence-corrected chi connectivity index (χ4v) is 0.947. The van der Waals surface area contributed by atoms with E-state index in [0.717, 1.165) is 5.96 Å². The molecule has 1 aliphatic heterocycles. The molecule has 0 aromatic heterocycles. The lowest BCUT2D eigenvalue weighted by molar-refractivity contribution is -0.116. The van der Waals surface area contributed by atoms with Gasteiger partial charge in [0.15, 0.2) is 0 Å². The monoisotopic (exact) mass is 141 g/mol. The lowest BCUT2D eigenvalue weighted by Crippen LogP contribution is -2.34. The quantitative estimate of drug-likeness (QED) is 0.451. The maximum atomic E-state index is 10.7. The molecule has 0 unspecified atom stereocenters. The Bertz CT molecular complexity index is 185. The van der Waals surface area contributed by atoms with E-state index in [9.17, 15) is 4.79 Å². The molecule has 0 bridgehead atoms. The second kappa shape index (κ2) is 2.28. The molecule has 4 heteroatoms. The van der Waals surface area contributed by atoms with Gasteiger partial charge in [-0.15, -0.1) is 0 Å². The highest BCUT2D eigenvalue weighted by Gasteiger charge is 2.20. The summed E-state index contributed by atoms with van der Waals surface area (Å²) in [5.74, 6) is 0.677. The van der Waals surface area contributed by atoms with Crippen LogP contribution in [0, 0.1) is 0 Å². The first-order chi connectivity index (χ1) is 4.61. The minimum Gasteiger partial charge on any atom is -0.349 e. The largest absolute Gasteiger partial charge is 0.349 e. The fraction of sp³-hybridized carbons (Fsp3) is 0.667. The Morgan fingerprint density at radius 1 is 1.60 bits per heavy atom. The zero-order valence-corrected chi connectivity index (χ0v) is 6.46. The van der Waals surface area contributed by atoms with E-state index in [4.69, 9.17) is 0 Å². The number of guanidine groups is 1. The third-order valence-corrected chi connectivity index (χ3v) is 1.34. The van der Waals surface area contributed by atoms with E-state index in [2.05, 4.69) is 4.99 Å². The van der Waals surface area contributed by atoms with Gasteiger partial charge in [0.25, 0.3) is 5.91 Å². The molecule has 0 saturated heterocycles. The van der Waals surface area contributed by atoms with Gasteiger partial charge in [0.05, 0.1) is 0 Å². The van der Waals surface area contributed by atoms with Crippen LogP contribution in [0.1, 0.15) is 0 Å². The zero-order chi connectivity index (χ0) is 7.72. The number of rotatable bonds is 0. The van der Waals surface area contributed by atoms with Gasteiger partial charge in [0.1, 0.15) is 6.54 Å². The van der Waals surface area contributed by atoms with Crippen molar-refractivity contribution in [2.45, 2.75) is 0 Å². The van der Waals surface area contributed by atoms with Crippen LogP contribution in [0.4, 0.5) is 0 Å². The topological polar surface area (TPSA) is 35.9 Å². The Morgan fingerprint density at radius 2 is 2.20 bits per heavy atom. The molecule has 4 nitrogen and oxygen atoms in total. The molecular weight excluding hydrogens is 130 g/mol. The van der Waals surface area contributed by atoms with Crippen molar-refractivity contribution < 1.29 is 4.79 Å². The van der Waals surface area contributed by atoms with Crippen molar-refractivity contribution in [3.05, 3.63) is 0 Å². The summed E-state index contributed by atoms with van der Waals surface area (Å²) in [5, 5.41) is 0. The number of carbonyl (C=O) groups excluding carboxylic acids is 1. The van der Waals surface area contributed by atoms with Crippen molar-refractivity contribution in [2.75, 3.05) is 27.7 Å². The lowest BCUT2D eigenvalue weighted by Gasteiger charge is -2.18. The molecule has 1 rings (SSSR count). The molecule has 0 radical (unpaired) electrons. The molecule has 0 aromatic carbocycles. The highest BCUT2D eigenvalue weighted by molar-refractivity contribution is 6.00. The molecular formula is C6H11N3O. The Labute approximate surface area is 60.1 Å². The average Bonchev–Trinajstić information content (AvgIpc) is 2.10. The van der Waals surface area contributed by atoms with Gasteiger partial charge in [0.2, 0.25) is 5.96 Å². The number of hydrogen-bond acceptors (Lipinski definition) is 3. The normalized spacial score (nSPS) is 17.7. The molecule has 0 atom stereocenters. The Morgan fingerprint density at radius 3 is 2.40 bits per heavy atom. The first-order valence-electron chi connectivity index (χ1n) is 3.11. The summed E-state index contributed by atoms with van der Waals surface area (Å²) in [6.45, 7) is 0.410. The predicted octanol–water partition coefficient (Wildman–Crippen LogP) is -0.624. The van der Waals surface area contributed by atoms with Crippen LogP contribution in [0.25, 0.3) is 0 Å². The van der Waals surface area contributed by atoms with Crippen molar-refractivity contribution in [3.63, 3.8) is 0 Å². The summed E-state index contributed by atoms with van der Waals surface area (Å²) in [5.41, 5.74) is 0. The molecule has 0 saturated carbocycles. The Balaban J connectivity index is 2.75. The predicted molar refractivity (Wildman–Crippen MR) is 38.8 cm³/mol. The number of carbonyl (C=O) groups is 1. The van der Waals surface area contributed by atoms with Gasteiger partial charge in [-0.25, -0.2) is 0 Å². The van der Waals surface area contributed by atoms with Gasteiger partial charge in [-0.05, 0) is 0 Å². The van der Waals surface area contributed by atoms with E-state index in [1.54, 1.807) is 0 Å². The molecule has 1 amide bonds. The first kappa shape index (κ1) is 7.05. The van der Waals surface area contributed by atoms with E-state index in [0.29, 0.717) is 6.54 Å². The Kier molecular flexibility index (Phi) is 1.61. The fourth-order valence-electron chi connectivity index (χ4n) is 0.947. The van der Waals surface area contributed by atoms with Crippen molar-refractivity contribution in [1.29, 1.82) is 0 Å². The molecule has 1 heterocycles. The number of aliphatic imine (C=N–C) groups is 1. The first-order valence-corrected chi connectivity index (χ1v) is 3.11. The minimum absolute atomic E-state index is 0.0637. The second-order valence-electron chi connectivity index (χ2n) is 2.56. The van der Waals surface area contributed by atoms with Gasteiger partial charge in [-0.2, -0.15) is 4.99 Å². The molecule has 1 aliphatic rings. The second-order valence-corrected chi connectivity index (χ2v) is 2.56. The number of amides is 1. The SMILES string of the molecule is CN(C)C1=NC(=O)CN1C. The third kappa shape index (κ3) is 1.10. The summed E-state index contributed by atoms with van der Waals surface area (Å²) >= 11 is 0. The molecule has 56 valence electrons. The van der Waals surface area contributed by atoms with Gasteiger partial charge >= 0.3 is 0 Å². The minimum atomic E-state index is -0.0637. The van der Waals surface area contributed by atoms with Crippen LogP contribution in [-0.4, -0.2) is 49.4 Å². The number of likely N-dealkylation sites (N-methyl/N-ethyl adjacent to an activating group) is 1. The summed E-state index contributed by atoms with van der Waals surface area (Å²) in [4.78, 5) is 18.2. The van der Waals surface area contributed by atoms with E-state index < -0.39 is 0 Å². The van der Waals surface area contributed by atoms with E-state index in [1.807, 2.05) is 30.9 Å². The highest BCUT2D eigenvalue weighted by Crippen LogP contribution is 2.00. The van der Waals surface area contributed by atoms with Gasteiger partial charge < -0.3 is 9.80 Å². The maximum absolute atomic E-state index is 10.7. The van der Waals surface area contributed by atoms with E-state index in [1.165, 1.54) is 0 Å². The van der Waals surface area contributed by atoms with Crippen LogP contribution in [0.2, 0.25) is 0 Å². The molecule has 0 N–H and O–H groups in total. The van der Waals surface area contributed by atoms with Crippen molar-refractivity contribution in [1.82, 2.24) is 9.80 Å². The summed E-state index contributed by atoms with van der Waals surface area (Å²) in [6.07, 6.45) is 0. The average molecular weight is 141 g/mol. The smallest absolute Gasteiger partial charge is 0.268 e. The molecule has 0 fully saturated rings. The highest BCUT2D eigenvalue weighted by atomic mass is 16.2. The van der Waals surface area contributed by atoms with Crippen LogP contribution >= 0.6 is 0 Å². The van der Waals surface area contributed by atoms with E-state index in [-0.39, 0.29) is 5.91 Å². The number of nitrogens with zero attached hydrogens (tertiary/aromatic N) is 3. The van der Waals surface area contributed by atoms with Crippen molar-refractivity contribution in [3.8, 4) is 0 Å². The summed E-state index contributed by atoms with van der Waals surface area (Å²) in [6, 6.07) is 0. The maximum Gasteiger partial charge on any atom is 0.268 e. The van der Waals surface area contributed by atoms with Crippen LogP contribution in [0.15, 0.2) is 4.99 Å².